The van der Waals surface area contributed by atoms with Crippen LogP contribution in [0.15, 0.2) is 4.52 Å². The molecule has 0 fully saturated rings. The van der Waals surface area contributed by atoms with Crippen molar-refractivity contribution in [2.75, 3.05) is 5.32 Å². The number of rotatable bonds is 4. The molecule has 0 aliphatic heterocycles. The van der Waals surface area contributed by atoms with E-state index in [1.54, 1.807) is 6.92 Å². The van der Waals surface area contributed by atoms with Gasteiger partial charge in [0.05, 0.1) is 6.04 Å². The lowest BCUT2D eigenvalue weighted by Gasteiger charge is -2.09. The molecule has 0 spiro atoms. The zero-order valence-electron chi connectivity index (χ0n) is 9.33. The van der Waals surface area contributed by atoms with Crippen LogP contribution >= 0.6 is 0 Å². The zero-order chi connectivity index (χ0) is 11.4. The summed E-state index contributed by atoms with van der Waals surface area (Å²) in [4.78, 5) is 11.6. The van der Waals surface area contributed by atoms with Crippen molar-refractivity contribution in [2.45, 2.75) is 39.7 Å². The van der Waals surface area contributed by atoms with Crippen LogP contribution in [0.3, 0.4) is 0 Å². The Morgan fingerprint density at radius 2 is 2.27 bits per heavy atom. The molecule has 1 heterocycles. The van der Waals surface area contributed by atoms with Gasteiger partial charge in [0.15, 0.2) is 5.76 Å². The quantitative estimate of drug-likeness (QED) is 0.784. The number of anilines is 1. The monoisotopic (exact) mass is 211 g/mol. The van der Waals surface area contributed by atoms with Crippen LogP contribution in [0.5, 0.6) is 0 Å². The number of amides is 1. The predicted molar refractivity (Wildman–Crippen MR) is 57.5 cm³/mol. The van der Waals surface area contributed by atoms with Crippen LogP contribution in [0.25, 0.3) is 0 Å². The van der Waals surface area contributed by atoms with Crippen LogP contribution in [-0.4, -0.2) is 17.1 Å². The second-order valence-corrected chi connectivity index (χ2v) is 3.42. The van der Waals surface area contributed by atoms with E-state index in [1.165, 1.54) is 0 Å². The Hall–Kier alpha value is -1.36. The molecule has 5 nitrogen and oxygen atoms in total. The fourth-order valence-corrected chi connectivity index (χ4v) is 1.22. The largest absolute Gasteiger partial charge is 0.359 e. The third kappa shape index (κ3) is 2.56. The highest BCUT2D eigenvalue weighted by Crippen LogP contribution is 2.20. The van der Waals surface area contributed by atoms with Gasteiger partial charge in [0.25, 0.3) is 0 Å². The third-order valence-electron chi connectivity index (χ3n) is 2.29. The molecule has 1 rings (SSSR count). The number of aryl methyl sites for hydroxylation is 2. The molecule has 5 heteroatoms. The number of carbonyl (C=O) groups excluding carboxylic acids is 1. The summed E-state index contributed by atoms with van der Waals surface area (Å²) in [5.41, 5.74) is 7.02. The Morgan fingerprint density at radius 1 is 1.60 bits per heavy atom. The minimum Gasteiger partial charge on any atom is -0.359 e. The Labute approximate surface area is 89.0 Å². The average molecular weight is 211 g/mol. The molecule has 1 atom stereocenters. The average Bonchev–Trinajstić information content (AvgIpc) is 2.59. The second kappa shape index (κ2) is 4.93. The summed E-state index contributed by atoms with van der Waals surface area (Å²) in [7, 11) is 0. The predicted octanol–water partition coefficient (Wildman–Crippen LogP) is 1.22. The van der Waals surface area contributed by atoms with E-state index in [2.05, 4.69) is 10.5 Å². The van der Waals surface area contributed by atoms with Crippen molar-refractivity contribution in [3.63, 3.8) is 0 Å². The van der Waals surface area contributed by atoms with Crippen LogP contribution in [0.2, 0.25) is 0 Å². The Balaban J connectivity index is 2.79. The van der Waals surface area contributed by atoms with Gasteiger partial charge in [0.1, 0.15) is 11.4 Å². The molecular weight excluding hydrogens is 194 g/mol. The molecule has 84 valence electrons. The number of aromatic nitrogens is 1. The number of nitrogens with zero attached hydrogens (tertiary/aromatic N) is 1. The van der Waals surface area contributed by atoms with E-state index in [-0.39, 0.29) is 5.91 Å². The van der Waals surface area contributed by atoms with E-state index < -0.39 is 6.04 Å². The maximum atomic E-state index is 11.6. The van der Waals surface area contributed by atoms with Gasteiger partial charge < -0.3 is 15.6 Å². The fraction of sp³-hybridized carbons (Fsp3) is 0.600. The van der Waals surface area contributed by atoms with E-state index in [9.17, 15) is 4.79 Å². The summed E-state index contributed by atoms with van der Waals surface area (Å²) < 4.78 is 5.00. The van der Waals surface area contributed by atoms with Gasteiger partial charge in [0.2, 0.25) is 5.91 Å². The molecule has 0 aliphatic carbocycles. The summed E-state index contributed by atoms with van der Waals surface area (Å²) in [5, 5.41) is 6.58. The van der Waals surface area contributed by atoms with Crippen molar-refractivity contribution >= 4 is 11.6 Å². The Morgan fingerprint density at radius 3 is 2.80 bits per heavy atom. The van der Waals surface area contributed by atoms with Crippen molar-refractivity contribution < 1.29 is 9.32 Å². The molecule has 0 saturated heterocycles. The molecule has 0 aromatic carbocycles. The third-order valence-corrected chi connectivity index (χ3v) is 2.29. The summed E-state index contributed by atoms with van der Waals surface area (Å²) in [6.45, 7) is 5.58. The summed E-state index contributed by atoms with van der Waals surface area (Å²) in [6, 6.07) is -0.482. The van der Waals surface area contributed by atoms with Gasteiger partial charge in [0, 0.05) is 0 Å². The molecule has 1 amide bonds. The van der Waals surface area contributed by atoms with Crippen molar-refractivity contribution in [3.8, 4) is 0 Å². The van der Waals surface area contributed by atoms with Gasteiger partial charge in [-0.2, -0.15) is 0 Å². The molecule has 1 aromatic heterocycles. The van der Waals surface area contributed by atoms with Crippen LogP contribution in [-0.2, 0) is 11.2 Å². The smallest absolute Gasteiger partial charge is 0.241 e. The molecule has 1 aromatic rings. The first-order valence-corrected chi connectivity index (χ1v) is 5.11. The first kappa shape index (κ1) is 11.7. The van der Waals surface area contributed by atoms with E-state index in [4.69, 9.17) is 10.3 Å². The van der Waals surface area contributed by atoms with E-state index >= 15 is 0 Å². The first-order chi connectivity index (χ1) is 7.10. The van der Waals surface area contributed by atoms with Crippen LogP contribution in [0, 0.1) is 6.92 Å². The molecule has 0 aliphatic rings. The van der Waals surface area contributed by atoms with Gasteiger partial charge in [-0.05, 0) is 19.8 Å². The first-order valence-electron chi connectivity index (χ1n) is 5.11. The molecular formula is C10H17N3O2. The molecule has 0 bridgehead atoms. The van der Waals surface area contributed by atoms with Gasteiger partial charge in [-0.25, -0.2) is 0 Å². The lowest BCUT2D eigenvalue weighted by molar-refractivity contribution is -0.117. The molecule has 3 N–H and O–H groups in total. The molecule has 0 radical (unpaired) electrons. The molecule has 0 unspecified atom stereocenters. The number of hydrogen-bond donors (Lipinski definition) is 2. The van der Waals surface area contributed by atoms with Crippen molar-refractivity contribution in [1.29, 1.82) is 0 Å². The summed E-state index contributed by atoms with van der Waals surface area (Å²) in [5.74, 6) is 0.419. The second-order valence-electron chi connectivity index (χ2n) is 3.42. The lowest BCUT2D eigenvalue weighted by Crippen LogP contribution is -2.35. The number of carbonyl (C=O) groups is 1. The van der Waals surface area contributed by atoms with Crippen LogP contribution < -0.4 is 11.1 Å². The van der Waals surface area contributed by atoms with Crippen LogP contribution in [0.4, 0.5) is 5.69 Å². The maximum Gasteiger partial charge on any atom is 0.241 e. The van der Waals surface area contributed by atoms with E-state index in [1.807, 2.05) is 13.8 Å². The van der Waals surface area contributed by atoms with Gasteiger partial charge in [-0.3, -0.25) is 4.79 Å². The van der Waals surface area contributed by atoms with E-state index in [0.717, 1.165) is 5.69 Å². The van der Waals surface area contributed by atoms with Crippen molar-refractivity contribution in [3.05, 3.63) is 11.5 Å². The zero-order valence-corrected chi connectivity index (χ0v) is 9.33. The highest BCUT2D eigenvalue weighted by Gasteiger charge is 2.17. The van der Waals surface area contributed by atoms with Crippen molar-refractivity contribution in [2.24, 2.45) is 5.73 Å². The molecule has 15 heavy (non-hydrogen) atoms. The Bertz CT molecular complexity index is 346. The maximum absolute atomic E-state index is 11.6. The van der Waals surface area contributed by atoms with E-state index in [0.29, 0.717) is 24.3 Å². The summed E-state index contributed by atoms with van der Waals surface area (Å²) in [6.07, 6.45) is 1.33. The summed E-state index contributed by atoms with van der Waals surface area (Å²) >= 11 is 0. The van der Waals surface area contributed by atoms with Crippen molar-refractivity contribution in [1.82, 2.24) is 5.16 Å². The number of nitrogens with two attached hydrogens (primary N) is 1. The lowest BCUT2D eigenvalue weighted by atomic mass is 10.2. The Kier molecular flexibility index (Phi) is 3.85. The minimum atomic E-state index is -0.482. The fourth-order valence-electron chi connectivity index (χ4n) is 1.22. The number of hydrogen-bond acceptors (Lipinski definition) is 4. The topological polar surface area (TPSA) is 81.2 Å². The van der Waals surface area contributed by atoms with Crippen LogP contribution in [0.1, 0.15) is 31.7 Å². The van der Waals surface area contributed by atoms with Gasteiger partial charge in [-0.15, -0.1) is 0 Å². The van der Waals surface area contributed by atoms with Gasteiger partial charge in [-0.1, -0.05) is 19.0 Å². The normalized spacial score (nSPS) is 12.5. The van der Waals surface area contributed by atoms with Gasteiger partial charge >= 0.3 is 0 Å². The highest BCUT2D eigenvalue weighted by atomic mass is 16.5. The standard InChI is InChI=1S/C10H17N3O2/c1-4-7(11)10(14)12-9-6(3)15-13-8(9)5-2/h7H,4-5,11H2,1-3H3,(H,12,14)/t7-/m0/s1. The number of nitrogens with one attached hydrogen (secondary N) is 1. The molecule has 0 saturated carbocycles. The SMILES string of the molecule is CCc1noc(C)c1NC(=O)[C@@H](N)CC. The highest BCUT2D eigenvalue weighted by molar-refractivity contribution is 5.95. The minimum absolute atomic E-state index is 0.196.